The van der Waals surface area contributed by atoms with Crippen molar-refractivity contribution in [1.82, 2.24) is 0 Å². The molecule has 5 nitrogen and oxygen atoms in total. The maximum Gasteiger partial charge on any atom is 0.335 e. The zero-order valence-electron chi connectivity index (χ0n) is 13.0. The number of aromatic hydroxyl groups is 1. The molecule has 0 saturated heterocycles. The minimum atomic E-state index is -0.984. The van der Waals surface area contributed by atoms with Gasteiger partial charge in [0.15, 0.2) is 11.5 Å². The minimum absolute atomic E-state index is 0.0181. The van der Waals surface area contributed by atoms with E-state index in [0.717, 1.165) is 10.0 Å². The number of aryl methyl sites for hydroxylation is 1. The van der Waals surface area contributed by atoms with Crippen LogP contribution in [0.25, 0.3) is 0 Å². The topological polar surface area (TPSA) is 79.1 Å². The van der Waals surface area contributed by atoms with Gasteiger partial charge in [-0.15, -0.1) is 0 Å². The second-order valence-corrected chi connectivity index (χ2v) is 6.58. The number of nitrogens with zero attached hydrogens (tertiary/aromatic N) is 1. The normalized spacial score (nSPS) is 11.0. The van der Waals surface area contributed by atoms with Crippen molar-refractivity contribution in [3.8, 4) is 11.5 Å². The van der Waals surface area contributed by atoms with Crippen LogP contribution in [0.3, 0.4) is 0 Å². The first-order valence-corrected chi connectivity index (χ1v) is 8.65. The van der Waals surface area contributed by atoms with Crippen LogP contribution < -0.4 is 4.74 Å². The number of phenols is 1. The van der Waals surface area contributed by atoms with E-state index in [9.17, 15) is 9.90 Å². The second-order valence-electron chi connectivity index (χ2n) is 4.93. The number of rotatable bonds is 5. The maximum absolute atomic E-state index is 11.0. The molecule has 0 bridgehead atoms. The molecule has 0 spiro atoms. The molecular weight excluding hydrogens is 442 g/mol. The largest absolute Gasteiger partial charge is 0.504 e. The lowest BCUT2D eigenvalue weighted by Gasteiger charge is -2.11. The lowest BCUT2D eigenvalue weighted by Crippen LogP contribution is -1.97. The highest BCUT2D eigenvalue weighted by atomic mass is 79.9. The molecule has 0 heterocycles. The van der Waals surface area contributed by atoms with Crippen molar-refractivity contribution < 1.29 is 19.7 Å². The average Bonchev–Trinajstić information content (AvgIpc) is 2.53. The second kappa shape index (κ2) is 7.81. The van der Waals surface area contributed by atoms with E-state index in [2.05, 4.69) is 36.9 Å². The fourth-order valence-electron chi connectivity index (χ4n) is 2.06. The van der Waals surface area contributed by atoms with Gasteiger partial charge >= 0.3 is 5.97 Å². The summed E-state index contributed by atoms with van der Waals surface area (Å²) >= 11 is 6.81. The Morgan fingerprint density at radius 1 is 1.33 bits per heavy atom. The van der Waals surface area contributed by atoms with Crippen molar-refractivity contribution in [3.05, 3.63) is 49.9 Å². The number of phenolic OH excluding ortho intramolecular Hbond substituents is 1. The summed E-state index contributed by atoms with van der Waals surface area (Å²) < 4.78 is 6.77. The predicted molar refractivity (Wildman–Crippen MR) is 100 cm³/mol. The summed E-state index contributed by atoms with van der Waals surface area (Å²) in [5.74, 6) is -0.648. The summed E-state index contributed by atoms with van der Waals surface area (Å²) in [4.78, 5) is 15.3. The van der Waals surface area contributed by atoms with Crippen LogP contribution in [0.5, 0.6) is 11.5 Å². The van der Waals surface area contributed by atoms with E-state index < -0.39 is 5.97 Å². The summed E-state index contributed by atoms with van der Waals surface area (Å²) in [6.45, 7) is 4.03. The van der Waals surface area contributed by atoms with Crippen LogP contribution in [-0.2, 0) is 0 Å². The molecule has 0 aromatic heterocycles. The van der Waals surface area contributed by atoms with Crippen molar-refractivity contribution in [2.75, 3.05) is 6.61 Å². The Hall–Kier alpha value is -1.86. The molecule has 7 heteroatoms. The quantitative estimate of drug-likeness (QED) is 0.615. The van der Waals surface area contributed by atoms with E-state index in [1.165, 1.54) is 12.3 Å². The van der Waals surface area contributed by atoms with Crippen LogP contribution in [0.2, 0.25) is 0 Å². The van der Waals surface area contributed by atoms with E-state index in [4.69, 9.17) is 9.84 Å². The molecule has 0 atom stereocenters. The van der Waals surface area contributed by atoms with Crippen molar-refractivity contribution in [1.29, 1.82) is 0 Å². The van der Waals surface area contributed by atoms with Gasteiger partial charge in [0.1, 0.15) is 0 Å². The highest BCUT2D eigenvalue weighted by Crippen LogP contribution is 2.40. The third kappa shape index (κ3) is 3.96. The number of aliphatic imine (C=N–C) groups is 1. The lowest BCUT2D eigenvalue weighted by molar-refractivity contribution is 0.0697. The molecule has 2 N–H and O–H groups in total. The number of hydrogen-bond donors (Lipinski definition) is 2. The van der Waals surface area contributed by atoms with Gasteiger partial charge in [-0.2, -0.15) is 0 Å². The fraction of sp³-hybridized carbons (Fsp3) is 0.176. The molecule has 0 aliphatic carbocycles. The number of hydrogen-bond acceptors (Lipinski definition) is 4. The Balaban J connectivity index is 2.44. The summed E-state index contributed by atoms with van der Waals surface area (Å²) in [6, 6.07) is 6.34. The van der Waals surface area contributed by atoms with Crippen molar-refractivity contribution in [3.63, 3.8) is 0 Å². The minimum Gasteiger partial charge on any atom is -0.504 e. The Morgan fingerprint density at radius 2 is 2.04 bits per heavy atom. The zero-order chi connectivity index (χ0) is 17.9. The Labute approximate surface area is 156 Å². The summed E-state index contributed by atoms with van der Waals surface area (Å²) in [6.07, 6.45) is 1.51. The predicted octanol–water partition coefficient (Wildman–Crippen LogP) is 5.07. The molecule has 0 saturated carbocycles. The van der Waals surface area contributed by atoms with Gasteiger partial charge in [0.25, 0.3) is 0 Å². The Morgan fingerprint density at radius 3 is 2.62 bits per heavy atom. The van der Waals surface area contributed by atoms with E-state index in [1.807, 2.05) is 6.92 Å². The van der Waals surface area contributed by atoms with Gasteiger partial charge in [-0.05, 0) is 75.5 Å². The first-order valence-electron chi connectivity index (χ1n) is 7.07. The van der Waals surface area contributed by atoms with Gasteiger partial charge in [-0.3, -0.25) is 4.99 Å². The molecule has 0 amide bonds. The lowest BCUT2D eigenvalue weighted by atomic mass is 10.1. The molecule has 0 aliphatic rings. The number of carbonyl (C=O) groups is 1. The summed E-state index contributed by atoms with van der Waals surface area (Å²) in [5.41, 5.74) is 2.01. The van der Waals surface area contributed by atoms with Gasteiger partial charge < -0.3 is 14.9 Å². The number of ether oxygens (including phenoxy) is 1. The molecule has 2 aromatic rings. The van der Waals surface area contributed by atoms with Crippen LogP contribution in [0.1, 0.15) is 28.4 Å². The SMILES string of the molecule is CCOc1cc(Br)c(Br)c(C=Nc2ccc(C(=O)O)cc2C)c1O. The molecule has 2 rings (SSSR count). The third-order valence-electron chi connectivity index (χ3n) is 3.27. The van der Waals surface area contributed by atoms with Gasteiger partial charge in [0.05, 0.1) is 23.4 Å². The van der Waals surface area contributed by atoms with Gasteiger partial charge in [0.2, 0.25) is 0 Å². The van der Waals surface area contributed by atoms with E-state index in [1.54, 1.807) is 25.1 Å². The van der Waals surface area contributed by atoms with Crippen molar-refractivity contribution >= 4 is 49.7 Å². The van der Waals surface area contributed by atoms with Crippen molar-refractivity contribution in [2.24, 2.45) is 4.99 Å². The zero-order valence-corrected chi connectivity index (χ0v) is 16.2. The van der Waals surface area contributed by atoms with E-state index in [-0.39, 0.29) is 11.3 Å². The molecule has 0 radical (unpaired) electrons. The van der Waals surface area contributed by atoms with Gasteiger partial charge in [-0.1, -0.05) is 0 Å². The number of carboxylic acid groups (broad SMARTS) is 1. The summed E-state index contributed by atoms with van der Waals surface area (Å²) in [7, 11) is 0. The fourth-order valence-corrected chi connectivity index (χ4v) is 2.89. The Bertz CT molecular complexity index is 819. The number of halogens is 2. The number of aromatic carboxylic acids is 1. The molecule has 0 fully saturated rings. The van der Waals surface area contributed by atoms with Crippen LogP contribution >= 0.6 is 31.9 Å². The Kier molecular flexibility index (Phi) is 6.01. The highest BCUT2D eigenvalue weighted by Gasteiger charge is 2.15. The molecule has 0 unspecified atom stereocenters. The van der Waals surface area contributed by atoms with Crippen LogP contribution in [0, 0.1) is 6.92 Å². The smallest absolute Gasteiger partial charge is 0.335 e. The monoisotopic (exact) mass is 455 g/mol. The molecule has 0 aliphatic heterocycles. The maximum atomic E-state index is 11.0. The van der Waals surface area contributed by atoms with Gasteiger partial charge in [0, 0.05) is 15.2 Å². The first kappa shape index (κ1) is 18.5. The van der Waals surface area contributed by atoms with Crippen LogP contribution in [-0.4, -0.2) is 29.0 Å². The number of benzene rings is 2. The van der Waals surface area contributed by atoms with Crippen LogP contribution in [0.4, 0.5) is 5.69 Å². The van der Waals surface area contributed by atoms with Crippen molar-refractivity contribution in [2.45, 2.75) is 13.8 Å². The summed E-state index contributed by atoms with van der Waals surface area (Å²) in [5, 5.41) is 19.3. The first-order chi connectivity index (χ1) is 11.3. The molecular formula is C17H15Br2NO4. The van der Waals surface area contributed by atoms with E-state index >= 15 is 0 Å². The molecule has 2 aromatic carbocycles. The van der Waals surface area contributed by atoms with E-state index in [0.29, 0.717) is 28.1 Å². The average molecular weight is 457 g/mol. The molecule has 126 valence electrons. The highest BCUT2D eigenvalue weighted by molar-refractivity contribution is 9.13. The number of carboxylic acids is 1. The standard InChI is InChI=1S/C17H15Br2NO4/c1-3-24-14-7-12(18)15(19)11(16(14)21)8-20-13-5-4-10(17(22)23)6-9(13)2/h4-8,21H,3H2,1-2H3,(H,22,23). The van der Waals surface area contributed by atoms with Gasteiger partial charge in [-0.25, -0.2) is 4.79 Å². The third-order valence-corrected chi connectivity index (χ3v) is 5.28. The molecule has 24 heavy (non-hydrogen) atoms. The van der Waals surface area contributed by atoms with Crippen LogP contribution in [0.15, 0.2) is 38.2 Å².